The summed E-state index contributed by atoms with van der Waals surface area (Å²) in [4.78, 5) is 21.8. The molecule has 6 nitrogen and oxygen atoms in total. The first kappa shape index (κ1) is 16.3. The van der Waals surface area contributed by atoms with Crippen LogP contribution in [0.2, 0.25) is 0 Å². The Hall–Kier alpha value is -1.12. The molecule has 0 radical (unpaired) electrons. The number of aromatic nitrogens is 3. The Bertz CT molecular complexity index is 644. The van der Waals surface area contributed by atoms with Crippen molar-refractivity contribution < 1.29 is 9.90 Å². The Morgan fingerprint density at radius 1 is 1.52 bits per heavy atom. The Labute approximate surface area is 135 Å². The lowest BCUT2D eigenvalue weighted by molar-refractivity contribution is -0.133. The largest absolute Gasteiger partial charge is 0.481 e. The number of pyridine rings is 1. The predicted octanol–water partition coefficient (Wildman–Crippen LogP) is 2.32. The van der Waals surface area contributed by atoms with Crippen LogP contribution in [0, 0.1) is 0 Å². The first-order valence-electron chi connectivity index (χ1n) is 6.48. The minimum atomic E-state index is -0.846. The molecule has 2 aromatic heterocycles. The lowest BCUT2D eigenvalue weighted by Gasteiger charge is -2.11. The maximum atomic E-state index is 10.8. The number of carboxylic acid groups (broad SMARTS) is 1. The van der Waals surface area contributed by atoms with Crippen LogP contribution in [-0.2, 0) is 11.3 Å². The summed E-state index contributed by atoms with van der Waals surface area (Å²) in [6, 6.07) is 1.90. The molecule has 0 bridgehead atoms. The van der Waals surface area contributed by atoms with Crippen molar-refractivity contribution in [2.75, 3.05) is 26.4 Å². The quantitative estimate of drug-likeness (QED) is 0.752. The summed E-state index contributed by atoms with van der Waals surface area (Å²) < 4.78 is 2.86. The number of aliphatic carboxylic acids is 1. The van der Waals surface area contributed by atoms with Crippen molar-refractivity contribution in [3.05, 3.63) is 16.7 Å². The zero-order valence-corrected chi connectivity index (χ0v) is 14.3. The van der Waals surface area contributed by atoms with Gasteiger partial charge in [0.15, 0.2) is 10.8 Å². The minimum Gasteiger partial charge on any atom is -0.481 e. The van der Waals surface area contributed by atoms with Crippen LogP contribution in [0.4, 0.5) is 0 Å². The molecule has 114 valence electrons. The van der Waals surface area contributed by atoms with Gasteiger partial charge in [0.1, 0.15) is 5.52 Å². The highest BCUT2D eigenvalue weighted by atomic mass is 79.9. The van der Waals surface area contributed by atoms with Gasteiger partial charge in [-0.1, -0.05) is 11.8 Å². The van der Waals surface area contributed by atoms with Gasteiger partial charge in [-0.15, -0.1) is 0 Å². The number of halogens is 1. The summed E-state index contributed by atoms with van der Waals surface area (Å²) in [7, 11) is 4.06. The normalized spacial score (nSPS) is 11.4. The number of hydrogen-bond acceptors (Lipinski definition) is 5. The highest BCUT2D eigenvalue weighted by molar-refractivity contribution is 9.10. The van der Waals surface area contributed by atoms with Gasteiger partial charge in [-0.2, -0.15) is 0 Å². The molecule has 0 aliphatic carbocycles. The summed E-state index contributed by atoms with van der Waals surface area (Å²) in [6.45, 7) is 1.73. The highest BCUT2D eigenvalue weighted by Gasteiger charge is 2.14. The monoisotopic (exact) mass is 372 g/mol. The van der Waals surface area contributed by atoms with E-state index >= 15 is 0 Å². The topological polar surface area (TPSA) is 71.2 Å². The van der Waals surface area contributed by atoms with Gasteiger partial charge in [0.2, 0.25) is 0 Å². The minimum absolute atomic E-state index is 0.00181. The Morgan fingerprint density at radius 2 is 2.29 bits per heavy atom. The van der Waals surface area contributed by atoms with Crippen LogP contribution in [0.25, 0.3) is 11.2 Å². The molecule has 1 N–H and O–H groups in total. The number of fused-ring (bicyclic) bond motifs is 1. The van der Waals surface area contributed by atoms with Gasteiger partial charge in [0.25, 0.3) is 0 Å². The van der Waals surface area contributed by atoms with Crippen LogP contribution in [0.1, 0.15) is 6.42 Å². The molecule has 0 fully saturated rings. The molecular weight excluding hydrogens is 356 g/mol. The van der Waals surface area contributed by atoms with Gasteiger partial charge >= 0.3 is 5.97 Å². The van der Waals surface area contributed by atoms with Crippen molar-refractivity contribution in [3.8, 4) is 0 Å². The molecule has 2 aromatic rings. The van der Waals surface area contributed by atoms with E-state index in [1.807, 2.05) is 24.7 Å². The van der Waals surface area contributed by atoms with E-state index < -0.39 is 5.97 Å². The Morgan fingerprint density at radius 3 is 2.95 bits per heavy atom. The molecule has 0 aliphatic heterocycles. The van der Waals surface area contributed by atoms with Crippen molar-refractivity contribution in [3.63, 3.8) is 0 Å². The highest BCUT2D eigenvalue weighted by Crippen LogP contribution is 2.25. The molecule has 2 rings (SSSR count). The standard InChI is InChI=1S/C13H17BrN4O2S/c1-17(2)4-3-5-18-12-10(6-9(14)7-15-12)16-13(18)21-8-11(19)20/h6-7H,3-5,8H2,1-2H3,(H,19,20). The summed E-state index contributed by atoms with van der Waals surface area (Å²) in [5.74, 6) is -0.848. The van der Waals surface area contributed by atoms with Crippen molar-refractivity contribution in [1.82, 2.24) is 19.4 Å². The van der Waals surface area contributed by atoms with Crippen LogP contribution in [0.3, 0.4) is 0 Å². The smallest absolute Gasteiger partial charge is 0.313 e. The van der Waals surface area contributed by atoms with Crippen molar-refractivity contribution in [1.29, 1.82) is 0 Å². The molecule has 0 saturated carbocycles. The molecule has 0 atom stereocenters. The van der Waals surface area contributed by atoms with Gasteiger partial charge in [0.05, 0.1) is 5.75 Å². The first-order valence-corrected chi connectivity index (χ1v) is 8.26. The maximum Gasteiger partial charge on any atom is 0.313 e. The van der Waals surface area contributed by atoms with E-state index in [1.54, 1.807) is 6.20 Å². The lowest BCUT2D eigenvalue weighted by atomic mass is 10.4. The molecule has 0 aliphatic rings. The van der Waals surface area contributed by atoms with Crippen LogP contribution in [-0.4, -0.2) is 56.9 Å². The number of nitrogens with zero attached hydrogens (tertiary/aromatic N) is 4. The van der Waals surface area contributed by atoms with E-state index in [4.69, 9.17) is 5.11 Å². The van der Waals surface area contributed by atoms with Crippen molar-refractivity contribution >= 4 is 44.8 Å². The number of aryl methyl sites for hydroxylation is 1. The number of carboxylic acids is 1. The molecule has 21 heavy (non-hydrogen) atoms. The molecular formula is C13H17BrN4O2S. The van der Waals surface area contributed by atoms with Crippen LogP contribution in [0.5, 0.6) is 0 Å². The molecule has 0 amide bonds. The number of thioether (sulfide) groups is 1. The maximum absolute atomic E-state index is 10.8. The van der Waals surface area contributed by atoms with Crippen molar-refractivity contribution in [2.24, 2.45) is 0 Å². The molecule has 0 saturated heterocycles. The molecule has 0 unspecified atom stereocenters. The zero-order valence-electron chi connectivity index (χ0n) is 11.9. The number of imidazole rings is 1. The fourth-order valence-corrected chi connectivity index (χ4v) is 3.02. The van der Waals surface area contributed by atoms with Gasteiger partial charge in [-0.05, 0) is 49.1 Å². The second-order valence-electron chi connectivity index (χ2n) is 4.88. The third-order valence-corrected chi connectivity index (χ3v) is 4.22. The third-order valence-electron chi connectivity index (χ3n) is 2.83. The fourth-order valence-electron chi connectivity index (χ4n) is 1.95. The van der Waals surface area contributed by atoms with E-state index in [2.05, 4.69) is 30.8 Å². The zero-order chi connectivity index (χ0) is 15.4. The van der Waals surface area contributed by atoms with Crippen LogP contribution >= 0.6 is 27.7 Å². The van der Waals surface area contributed by atoms with E-state index in [0.29, 0.717) is 5.16 Å². The second kappa shape index (κ2) is 7.24. The van der Waals surface area contributed by atoms with Crippen molar-refractivity contribution in [2.45, 2.75) is 18.1 Å². The summed E-state index contributed by atoms with van der Waals surface area (Å²) >= 11 is 4.61. The summed E-state index contributed by atoms with van der Waals surface area (Å²) in [5, 5.41) is 9.55. The van der Waals surface area contributed by atoms with E-state index in [-0.39, 0.29) is 5.75 Å². The van der Waals surface area contributed by atoms with Gasteiger partial charge in [0, 0.05) is 17.2 Å². The van der Waals surface area contributed by atoms with Gasteiger partial charge in [-0.25, -0.2) is 9.97 Å². The van der Waals surface area contributed by atoms with Crippen LogP contribution < -0.4 is 0 Å². The molecule has 8 heteroatoms. The average molecular weight is 373 g/mol. The number of hydrogen-bond donors (Lipinski definition) is 1. The Kier molecular flexibility index (Phi) is 5.60. The average Bonchev–Trinajstić information content (AvgIpc) is 2.73. The molecule has 0 aromatic carbocycles. The van der Waals surface area contributed by atoms with Gasteiger partial charge in [-0.3, -0.25) is 4.79 Å². The van der Waals surface area contributed by atoms with E-state index in [1.165, 1.54) is 11.8 Å². The fraction of sp³-hybridized carbons (Fsp3) is 0.462. The predicted molar refractivity (Wildman–Crippen MR) is 86.8 cm³/mol. The first-order chi connectivity index (χ1) is 9.97. The van der Waals surface area contributed by atoms with E-state index in [0.717, 1.165) is 35.1 Å². The third kappa shape index (κ3) is 4.42. The van der Waals surface area contributed by atoms with E-state index in [9.17, 15) is 4.79 Å². The van der Waals surface area contributed by atoms with Gasteiger partial charge < -0.3 is 14.6 Å². The molecule has 0 spiro atoms. The Balaban J connectivity index is 2.27. The number of carbonyl (C=O) groups is 1. The second-order valence-corrected chi connectivity index (χ2v) is 6.74. The SMILES string of the molecule is CN(C)CCCn1c(SCC(=O)O)nc2cc(Br)cnc21. The molecule has 2 heterocycles. The summed E-state index contributed by atoms with van der Waals surface area (Å²) in [5.41, 5.74) is 1.58. The number of rotatable bonds is 7. The van der Waals surface area contributed by atoms with Crippen LogP contribution in [0.15, 0.2) is 21.9 Å². The summed E-state index contributed by atoms with van der Waals surface area (Å²) in [6.07, 6.45) is 2.69. The lowest BCUT2D eigenvalue weighted by Crippen LogP contribution is -2.15.